The van der Waals surface area contributed by atoms with Gasteiger partial charge in [0.2, 0.25) is 0 Å². The highest BCUT2D eigenvalue weighted by Gasteiger charge is 2.10. The minimum absolute atomic E-state index is 0.185. The number of urea groups is 1. The third-order valence-electron chi connectivity index (χ3n) is 3.17. The molecule has 1 atom stereocenters. The molecular weight excluding hydrogens is 258 g/mol. The van der Waals surface area contributed by atoms with Gasteiger partial charge in [-0.3, -0.25) is 0 Å². The molecule has 1 unspecified atom stereocenters. The number of carboxylic acids is 1. The van der Waals surface area contributed by atoms with E-state index in [0.29, 0.717) is 17.8 Å². The monoisotopic (exact) mass is 279 g/mol. The molecule has 6 heteroatoms. The number of hydrogen-bond acceptors (Lipinski definition) is 3. The number of carbonyl (C=O) groups excluding carboxylic acids is 1. The van der Waals surface area contributed by atoms with Gasteiger partial charge in [0.25, 0.3) is 0 Å². The highest BCUT2D eigenvalue weighted by molar-refractivity contribution is 5.94. The molecule has 0 aliphatic carbocycles. The minimum atomic E-state index is -1.01. The van der Waals surface area contributed by atoms with Crippen LogP contribution >= 0.6 is 0 Å². The first-order valence-electron chi connectivity index (χ1n) is 6.36. The molecule has 0 fully saturated rings. The number of rotatable bonds is 5. The molecule has 0 spiro atoms. The summed E-state index contributed by atoms with van der Waals surface area (Å²) in [6.45, 7) is 4.22. The van der Waals surface area contributed by atoms with Gasteiger partial charge in [0.15, 0.2) is 0 Å². The van der Waals surface area contributed by atoms with E-state index in [1.165, 1.54) is 6.07 Å². The number of carboxylic acid groups (broad SMARTS) is 1. The number of likely N-dealkylation sites (N-methyl/N-ethyl adjacent to an activating group) is 1. The summed E-state index contributed by atoms with van der Waals surface area (Å²) in [4.78, 5) is 24.7. The number of aromatic carboxylic acids is 1. The Morgan fingerprint density at radius 2 is 2.00 bits per heavy atom. The van der Waals surface area contributed by atoms with Crippen molar-refractivity contribution in [2.24, 2.45) is 0 Å². The van der Waals surface area contributed by atoms with Gasteiger partial charge in [-0.2, -0.15) is 0 Å². The molecule has 1 aromatic carbocycles. The number of benzene rings is 1. The molecule has 0 aliphatic heterocycles. The molecule has 2 amide bonds. The predicted octanol–water partition coefficient (Wildman–Crippen LogP) is 1.76. The van der Waals surface area contributed by atoms with Gasteiger partial charge in [-0.05, 0) is 45.6 Å². The average Bonchev–Trinajstić information content (AvgIpc) is 2.37. The Labute approximate surface area is 118 Å². The van der Waals surface area contributed by atoms with Crippen molar-refractivity contribution in [3.63, 3.8) is 0 Å². The number of amides is 2. The van der Waals surface area contributed by atoms with Crippen molar-refractivity contribution in [2.45, 2.75) is 19.9 Å². The Hall–Kier alpha value is -2.08. The first-order chi connectivity index (χ1) is 9.31. The predicted molar refractivity (Wildman–Crippen MR) is 78.3 cm³/mol. The largest absolute Gasteiger partial charge is 0.478 e. The van der Waals surface area contributed by atoms with Gasteiger partial charge in [-0.1, -0.05) is 6.07 Å². The summed E-state index contributed by atoms with van der Waals surface area (Å²) < 4.78 is 0. The van der Waals surface area contributed by atoms with Crippen LogP contribution in [0.15, 0.2) is 18.2 Å². The van der Waals surface area contributed by atoms with Crippen molar-refractivity contribution in [1.29, 1.82) is 0 Å². The lowest BCUT2D eigenvalue weighted by molar-refractivity contribution is 0.0696. The molecule has 0 aromatic heterocycles. The fourth-order valence-corrected chi connectivity index (χ4v) is 1.53. The summed E-state index contributed by atoms with van der Waals surface area (Å²) in [6, 6.07) is 4.66. The maximum atomic E-state index is 11.7. The van der Waals surface area contributed by atoms with Crippen LogP contribution in [0.2, 0.25) is 0 Å². The van der Waals surface area contributed by atoms with E-state index in [2.05, 4.69) is 10.6 Å². The highest BCUT2D eigenvalue weighted by Crippen LogP contribution is 2.15. The lowest BCUT2D eigenvalue weighted by atomic mass is 10.1. The third-order valence-corrected chi connectivity index (χ3v) is 3.17. The maximum Gasteiger partial charge on any atom is 0.336 e. The summed E-state index contributed by atoms with van der Waals surface area (Å²) in [5.41, 5.74) is 1.30. The molecule has 6 nitrogen and oxygen atoms in total. The Morgan fingerprint density at radius 3 is 2.55 bits per heavy atom. The Balaban J connectivity index is 2.62. The minimum Gasteiger partial charge on any atom is -0.478 e. The van der Waals surface area contributed by atoms with Gasteiger partial charge in [0.1, 0.15) is 0 Å². The van der Waals surface area contributed by atoms with Crippen LogP contribution in [0.5, 0.6) is 0 Å². The Bertz CT molecular complexity index is 500. The first kappa shape index (κ1) is 16.0. The second-order valence-electron chi connectivity index (χ2n) is 4.98. The van der Waals surface area contributed by atoms with Gasteiger partial charge in [-0.25, -0.2) is 9.59 Å². The van der Waals surface area contributed by atoms with Gasteiger partial charge in [-0.15, -0.1) is 0 Å². The Kier molecular flexibility index (Phi) is 5.52. The molecule has 0 radical (unpaired) electrons. The number of aryl methyl sites for hydroxylation is 1. The number of carbonyl (C=O) groups is 2. The zero-order valence-corrected chi connectivity index (χ0v) is 12.2. The fraction of sp³-hybridized carbons (Fsp3) is 0.429. The zero-order chi connectivity index (χ0) is 15.3. The van der Waals surface area contributed by atoms with Crippen LogP contribution in [0.25, 0.3) is 0 Å². The van der Waals surface area contributed by atoms with Crippen molar-refractivity contribution >= 4 is 17.7 Å². The van der Waals surface area contributed by atoms with E-state index < -0.39 is 5.97 Å². The summed E-state index contributed by atoms with van der Waals surface area (Å²) in [5.74, 6) is -1.01. The van der Waals surface area contributed by atoms with E-state index in [1.54, 1.807) is 19.1 Å². The molecular formula is C14H21N3O3. The number of nitrogens with zero attached hydrogens (tertiary/aromatic N) is 1. The Morgan fingerprint density at radius 1 is 1.35 bits per heavy atom. The number of nitrogens with one attached hydrogen (secondary N) is 2. The molecule has 0 saturated carbocycles. The van der Waals surface area contributed by atoms with Crippen LogP contribution in [0.3, 0.4) is 0 Å². The van der Waals surface area contributed by atoms with E-state index in [1.807, 2.05) is 25.9 Å². The van der Waals surface area contributed by atoms with Crippen molar-refractivity contribution in [2.75, 3.05) is 26.0 Å². The normalized spacial score (nSPS) is 12.1. The molecule has 0 bridgehead atoms. The summed E-state index contributed by atoms with van der Waals surface area (Å²) in [6.07, 6.45) is 0. The van der Waals surface area contributed by atoms with Crippen molar-refractivity contribution in [1.82, 2.24) is 10.2 Å². The standard InChI is InChI=1S/C14H21N3O3/c1-9-5-6-11(7-12(9)13(18)19)16-14(20)15-8-10(2)17(3)4/h5-7,10H,8H2,1-4H3,(H,18,19)(H2,15,16,20). The molecule has 110 valence electrons. The van der Waals surface area contributed by atoms with Crippen molar-refractivity contribution < 1.29 is 14.7 Å². The smallest absolute Gasteiger partial charge is 0.336 e. The molecule has 0 saturated heterocycles. The van der Waals surface area contributed by atoms with Crippen LogP contribution in [0.1, 0.15) is 22.8 Å². The fourth-order valence-electron chi connectivity index (χ4n) is 1.53. The van der Waals surface area contributed by atoms with E-state index in [4.69, 9.17) is 5.11 Å². The van der Waals surface area contributed by atoms with Crippen LogP contribution in [0.4, 0.5) is 10.5 Å². The molecule has 1 rings (SSSR count). The summed E-state index contributed by atoms with van der Waals surface area (Å²) in [5, 5.41) is 14.4. The highest BCUT2D eigenvalue weighted by atomic mass is 16.4. The first-order valence-corrected chi connectivity index (χ1v) is 6.36. The van der Waals surface area contributed by atoms with Gasteiger partial charge in [0.05, 0.1) is 5.56 Å². The summed E-state index contributed by atoms with van der Waals surface area (Å²) in [7, 11) is 3.87. The second kappa shape index (κ2) is 6.91. The van der Waals surface area contributed by atoms with Crippen LogP contribution in [0, 0.1) is 6.92 Å². The summed E-state index contributed by atoms with van der Waals surface area (Å²) >= 11 is 0. The van der Waals surface area contributed by atoms with Gasteiger partial charge < -0.3 is 20.6 Å². The topological polar surface area (TPSA) is 81.7 Å². The van der Waals surface area contributed by atoms with Crippen molar-refractivity contribution in [3.05, 3.63) is 29.3 Å². The maximum absolute atomic E-state index is 11.7. The lowest BCUT2D eigenvalue weighted by Gasteiger charge is -2.20. The quantitative estimate of drug-likeness (QED) is 0.767. The van der Waals surface area contributed by atoms with E-state index in [9.17, 15) is 9.59 Å². The number of hydrogen-bond donors (Lipinski definition) is 3. The van der Waals surface area contributed by atoms with Crippen LogP contribution in [-0.2, 0) is 0 Å². The molecule has 0 heterocycles. The second-order valence-corrected chi connectivity index (χ2v) is 4.98. The number of anilines is 1. The van der Waals surface area contributed by atoms with E-state index in [0.717, 1.165) is 0 Å². The molecule has 1 aromatic rings. The molecule has 0 aliphatic rings. The average molecular weight is 279 g/mol. The van der Waals surface area contributed by atoms with Gasteiger partial charge >= 0.3 is 12.0 Å². The van der Waals surface area contributed by atoms with E-state index >= 15 is 0 Å². The van der Waals surface area contributed by atoms with Crippen molar-refractivity contribution in [3.8, 4) is 0 Å². The third kappa shape index (κ3) is 4.55. The van der Waals surface area contributed by atoms with E-state index in [-0.39, 0.29) is 17.6 Å². The zero-order valence-electron chi connectivity index (χ0n) is 12.2. The molecule has 20 heavy (non-hydrogen) atoms. The lowest BCUT2D eigenvalue weighted by Crippen LogP contribution is -2.40. The van der Waals surface area contributed by atoms with Crippen LogP contribution in [-0.4, -0.2) is 48.7 Å². The van der Waals surface area contributed by atoms with Gasteiger partial charge in [0, 0.05) is 18.3 Å². The SMILES string of the molecule is Cc1ccc(NC(=O)NCC(C)N(C)C)cc1C(=O)O. The van der Waals surface area contributed by atoms with Crippen LogP contribution < -0.4 is 10.6 Å². The molecule has 3 N–H and O–H groups in total.